The summed E-state index contributed by atoms with van der Waals surface area (Å²) in [5.74, 6) is -52.0. The van der Waals surface area contributed by atoms with E-state index in [-0.39, 0.29) is 0 Å². The van der Waals surface area contributed by atoms with Gasteiger partial charge in [-0.2, -0.15) is 83.1 Å². The van der Waals surface area contributed by atoms with Gasteiger partial charge < -0.3 is 0 Å². The molecule has 22 heteroatoms. The van der Waals surface area contributed by atoms with Gasteiger partial charge in [0.2, 0.25) is 0 Å². The summed E-state index contributed by atoms with van der Waals surface area (Å²) in [5, 5.41) is -7.84. The number of rotatable bonds is 7. The van der Waals surface area contributed by atoms with E-state index in [2.05, 4.69) is 18.2 Å². The predicted molar refractivity (Wildman–Crippen MR) is 74.1 cm³/mol. The van der Waals surface area contributed by atoms with Crippen molar-refractivity contribution in [3.8, 4) is 0 Å². The van der Waals surface area contributed by atoms with Crippen molar-refractivity contribution < 1.29 is 112 Å². The van der Waals surface area contributed by atoms with Gasteiger partial charge in [-0.05, 0) is 0 Å². The molecule has 1 aliphatic carbocycles. The topological polar surface area (TPSA) is 54.4 Å². The van der Waals surface area contributed by atoms with Gasteiger partial charge in [0.05, 0.1) is 0 Å². The first-order chi connectivity index (χ1) is 14.9. The first kappa shape index (κ1) is 34.1. The van der Waals surface area contributed by atoms with E-state index in [1.165, 1.54) is 6.42 Å². The van der Waals surface area contributed by atoms with E-state index < -0.39 is 57.1 Å². The third-order valence-corrected chi connectivity index (χ3v) is 5.60. The Morgan fingerprint density at radius 3 is 1.14 bits per heavy atom. The summed E-state index contributed by atoms with van der Waals surface area (Å²) >= 11 is 1.56. The van der Waals surface area contributed by atoms with Crippen LogP contribution in [0.5, 0.6) is 0 Å². The fourth-order valence-corrected chi connectivity index (χ4v) is 2.74. The van der Waals surface area contributed by atoms with E-state index in [1.54, 1.807) is 28.0 Å². The maximum absolute atomic E-state index is 13.0. The number of halogens is 17. The molecule has 205 valence electrons. The van der Waals surface area contributed by atoms with Gasteiger partial charge in [0, 0.05) is 0 Å². The Kier molecular flexibility index (Phi) is 9.19. The third-order valence-electron chi connectivity index (χ3n) is 3.79. The second kappa shape index (κ2) is 9.43. The van der Waals surface area contributed by atoms with Crippen LogP contribution < -0.4 is 0 Å². The van der Waals surface area contributed by atoms with Crippen molar-refractivity contribution in [3.05, 3.63) is 21.5 Å². The summed E-state index contributed by atoms with van der Waals surface area (Å²) in [6.07, 6.45) is -0.198. The van der Waals surface area contributed by atoms with Crippen LogP contribution in [0.25, 0.3) is 0 Å². The average Bonchev–Trinajstić information content (AvgIpc) is 3.10. The first-order valence-corrected chi connectivity index (χ1v) is 10.3. The van der Waals surface area contributed by atoms with Crippen LogP contribution in [0.3, 0.4) is 0 Å². The maximum atomic E-state index is 13.0. The van der Waals surface area contributed by atoms with E-state index in [9.17, 15) is 83.1 Å². The fraction of sp³-hybridized carbons (Fsp3) is 0.692. The summed E-state index contributed by atoms with van der Waals surface area (Å²) in [5.41, 5.74) is 0. The SMILES string of the molecule is O=S(=O)(O)C(F)(F)C(F)(F)C(F)(F)C(F)(F)C(F)(F)C(F)(F)C(F)(F)C(F)(F)F.[Zr][C]1=CC=CC1. The van der Waals surface area contributed by atoms with Crippen LogP contribution >= 0.6 is 0 Å². The number of alkyl halides is 17. The zero-order valence-corrected chi connectivity index (χ0v) is 18.8. The molecular weight excluding hydrogens is 650 g/mol. The third kappa shape index (κ3) is 5.24. The van der Waals surface area contributed by atoms with E-state index in [1.807, 2.05) is 0 Å². The predicted octanol–water partition coefficient (Wildman–Crippen LogP) is 6.22. The fourth-order valence-electron chi connectivity index (χ4n) is 1.76. The number of allylic oxidation sites excluding steroid dienone is 4. The van der Waals surface area contributed by atoms with Gasteiger partial charge in [-0.15, -0.1) is 0 Å². The molecule has 35 heavy (non-hydrogen) atoms. The molecule has 0 bridgehead atoms. The molecule has 0 aromatic heterocycles. The molecule has 1 N–H and O–H groups in total. The molecular formula is C13H6F17O3SZr. The van der Waals surface area contributed by atoms with Crippen LogP contribution in [0.4, 0.5) is 74.6 Å². The molecule has 0 heterocycles. The first-order valence-electron chi connectivity index (χ1n) is 7.65. The number of hydrogen-bond donors (Lipinski definition) is 1. The van der Waals surface area contributed by atoms with Gasteiger partial charge in [-0.25, -0.2) is 0 Å². The molecule has 0 amide bonds. The minimum absolute atomic E-state index is 1.21. The Morgan fingerprint density at radius 2 is 0.943 bits per heavy atom. The molecule has 0 atom stereocenters. The van der Waals surface area contributed by atoms with Crippen LogP contribution in [0.1, 0.15) is 6.42 Å². The Hall–Kier alpha value is -0.917. The van der Waals surface area contributed by atoms with Crippen LogP contribution in [-0.2, 0) is 34.8 Å². The van der Waals surface area contributed by atoms with Crippen molar-refractivity contribution in [1.29, 1.82) is 0 Å². The molecule has 0 saturated carbocycles. The van der Waals surface area contributed by atoms with E-state index in [0.717, 1.165) is 0 Å². The monoisotopic (exact) mass is 655 g/mol. The summed E-state index contributed by atoms with van der Waals surface area (Å²) in [4.78, 5) is 0. The van der Waals surface area contributed by atoms with Gasteiger partial charge >= 0.3 is 110 Å². The van der Waals surface area contributed by atoms with E-state index in [4.69, 9.17) is 4.55 Å². The Morgan fingerprint density at radius 1 is 0.629 bits per heavy atom. The molecule has 0 aliphatic heterocycles. The van der Waals surface area contributed by atoms with Crippen molar-refractivity contribution in [1.82, 2.24) is 0 Å². The normalized spacial score (nSPS) is 17.1. The summed E-state index contributed by atoms with van der Waals surface area (Å²) < 4.78 is 244. The molecule has 0 unspecified atom stereocenters. The Balaban J connectivity index is 0.00000166. The van der Waals surface area contributed by atoms with Crippen LogP contribution in [0, 0.1) is 0 Å². The van der Waals surface area contributed by atoms with Crippen molar-refractivity contribution >= 4 is 10.1 Å². The molecule has 1 rings (SSSR count). The van der Waals surface area contributed by atoms with Crippen LogP contribution in [0.2, 0.25) is 0 Å². The molecule has 0 spiro atoms. The zero-order chi connectivity index (χ0) is 28.9. The Labute approximate surface area is 197 Å². The van der Waals surface area contributed by atoms with Crippen molar-refractivity contribution in [2.45, 2.75) is 53.4 Å². The van der Waals surface area contributed by atoms with Gasteiger partial charge in [0.15, 0.2) is 0 Å². The van der Waals surface area contributed by atoms with Gasteiger partial charge in [-0.1, -0.05) is 0 Å². The average molecular weight is 656 g/mol. The number of hydrogen-bond acceptors (Lipinski definition) is 2. The summed E-state index contributed by atoms with van der Waals surface area (Å²) in [7, 11) is -7.89. The quantitative estimate of drug-likeness (QED) is 0.262. The van der Waals surface area contributed by atoms with E-state index >= 15 is 0 Å². The zero-order valence-electron chi connectivity index (χ0n) is 15.5. The Bertz CT molecular complexity index is 949. The molecule has 3 nitrogen and oxygen atoms in total. The molecule has 1 aliphatic rings. The van der Waals surface area contributed by atoms with Crippen LogP contribution in [-0.4, -0.2) is 59.9 Å². The van der Waals surface area contributed by atoms with Crippen LogP contribution in [0.15, 0.2) is 21.5 Å². The molecule has 0 aromatic rings. The standard InChI is InChI=1S/C8HF17O3S.C5H5.Zr/c9-1(10,3(13,14)5(17,18)7(21,22)23)2(11,12)4(15,16)6(19,20)8(24,25)29(26,27)28;1-2-4-5-3-1;/h(H,26,27,28);1-3H,4H2;. The molecule has 0 aromatic carbocycles. The van der Waals surface area contributed by atoms with Gasteiger partial charge in [-0.3, -0.25) is 4.55 Å². The van der Waals surface area contributed by atoms with E-state index in [0.29, 0.717) is 0 Å². The summed E-state index contributed by atoms with van der Waals surface area (Å²) in [6, 6.07) is 0. The molecule has 0 saturated heterocycles. The molecule has 0 radical (unpaired) electrons. The second-order valence-corrected chi connectivity index (χ2v) is 9.30. The van der Waals surface area contributed by atoms with Crippen molar-refractivity contribution in [3.63, 3.8) is 0 Å². The van der Waals surface area contributed by atoms with Crippen molar-refractivity contribution in [2.24, 2.45) is 0 Å². The molecule has 0 fully saturated rings. The second-order valence-electron chi connectivity index (χ2n) is 6.26. The minimum atomic E-state index is -8.89. The van der Waals surface area contributed by atoms with Crippen molar-refractivity contribution in [2.75, 3.05) is 0 Å². The van der Waals surface area contributed by atoms with Gasteiger partial charge in [0.1, 0.15) is 0 Å². The van der Waals surface area contributed by atoms with Gasteiger partial charge in [0.25, 0.3) is 0 Å². The summed E-state index contributed by atoms with van der Waals surface area (Å²) in [6.45, 7) is 0.